The summed E-state index contributed by atoms with van der Waals surface area (Å²) < 4.78 is 10.0. The first-order valence-corrected chi connectivity index (χ1v) is 7.18. The van der Waals surface area contributed by atoms with Gasteiger partial charge in [0.25, 0.3) is 0 Å². The van der Waals surface area contributed by atoms with E-state index in [0.717, 1.165) is 17.4 Å². The van der Waals surface area contributed by atoms with Crippen molar-refractivity contribution < 1.29 is 19.1 Å². The third kappa shape index (κ3) is 5.14. The molecule has 2 rings (SSSR count). The molecule has 0 aliphatic heterocycles. The van der Waals surface area contributed by atoms with E-state index in [1.165, 1.54) is 6.08 Å². The van der Waals surface area contributed by atoms with Crippen LogP contribution in [0.1, 0.15) is 5.56 Å². The molecule has 2 aromatic rings. The van der Waals surface area contributed by atoms with Crippen LogP contribution in [0.3, 0.4) is 0 Å². The molecule has 24 heavy (non-hydrogen) atoms. The Hall–Kier alpha value is -3.34. The van der Waals surface area contributed by atoms with Crippen LogP contribution in [0.2, 0.25) is 0 Å². The predicted octanol–water partition coefficient (Wildman–Crippen LogP) is 3.44. The quantitative estimate of drug-likeness (QED) is 0.502. The van der Waals surface area contributed by atoms with Gasteiger partial charge in [-0.1, -0.05) is 18.7 Å². The highest BCUT2D eigenvalue weighted by Crippen LogP contribution is 2.16. The van der Waals surface area contributed by atoms with E-state index in [9.17, 15) is 9.59 Å². The standard InChI is InChI=1S/C19H17NO4/c1-3-19(22)24-17-11-7-15(8-12-17)20-18(21)13-6-14-4-9-16(23-2)10-5-14/h3-13H,1H2,2H3,(H,20,21). The second-order valence-corrected chi connectivity index (χ2v) is 4.75. The lowest BCUT2D eigenvalue weighted by molar-refractivity contribution is -0.129. The molecule has 0 aliphatic carbocycles. The number of carbonyl (C=O) groups is 2. The van der Waals surface area contributed by atoms with Crippen LogP contribution in [0.4, 0.5) is 5.69 Å². The number of amides is 1. The fourth-order valence-electron chi connectivity index (χ4n) is 1.83. The molecule has 0 bridgehead atoms. The number of benzene rings is 2. The van der Waals surface area contributed by atoms with Crippen molar-refractivity contribution in [3.63, 3.8) is 0 Å². The van der Waals surface area contributed by atoms with E-state index in [0.29, 0.717) is 11.4 Å². The summed E-state index contributed by atoms with van der Waals surface area (Å²) >= 11 is 0. The summed E-state index contributed by atoms with van der Waals surface area (Å²) in [5.41, 5.74) is 1.48. The third-order valence-electron chi connectivity index (χ3n) is 3.05. The fraction of sp³-hybridized carbons (Fsp3) is 0.0526. The molecule has 0 aliphatic rings. The molecule has 0 heterocycles. The van der Waals surface area contributed by atoms with E-state index in [1.54, 1.807) is 37.5 Å². The number of anilines is 1. The third-order valence-corrected chi connectivity index (χ3v) is 3.05. The summed E-state index contributed by atoms with van der Waals surface area (Å²) in [6.07, 6.45) is 4.22. The molecule has 1 amide bonds. The molecule has 0 spiro atoms. The second kappa shape index (κ2) is 8.33. The minimum Gasteiger partial charge on any atom is -0.497 e. The Kier molecular flexibility index (Phi) is 5.91. The zero-order valence-corrected chi connectivity index (χ0v) is 13.2. The highest BCUT2D eigenvalue weighted by molar-refractivity contribution is 6.01. The van der Waals surface area contributed by atoms with Gasteiger partial charge in [-0.3, -0.25) is 4.79 Å². The van der Waals surface area contributed by atoms with Gasteiger partial charge in [-0.2, -0.15) is 0 Å². The van der Waals surface area contributed by atoms with Crippen LogP contribution in [0.25, 0.3) is 6.08 Å². The maximum Gasteiger partial charge on any atom is 0.335 e. The molecule has 5 nitrogen and oxygen atoms in total. The van der Waals surface area contributed by atoms with Gasteiger partial charge in [-0.05, 0) is 48.0 Å². The van der Waals surface area contributed by atoms with Crippen LogP contribution in [-0.2, 0) is 9.59 Å². The summed E-state index contributed by atoms with van der Waals surface area (Å²) in [5.74, 6) is 0.344. The van der Waals surface area contributed by atoms with Gasteiger partial charge in [-0.25, -0.2) is 4.79 Å². The predicted molar refractivity (Wildman–Crippen MR) is 92.9 cm³/mol. The first-order chi connectivity index (χ1) is 11.6. The lowest BCUT2D eigenvalue weighted by Crippen LogP contribution is -2.08. The topological polar surface area (TPSA) is 64.6 Å². The SMILES string of the molecule is C=CC(=O)Oc1ccc(NC(=O)C=Cc2ccc(OC)cc2)cc1. The van der Waals surface area contributed by atoms with Crippen LogP contribution in [0, 0.1) is 0 Å². The lowest BCUT2D eigenvalue weighted by atomic mass is 10.2. The Morgan fingerprint density at radius 2 is 1.62 bits per heavy atom. The number of esters is 1. The zero-order valence-electron chi connectivity index (χ0n) is 13.2. The van der Waals surface area contributed by atoms with Gasteiger partial charge in [0.15, 0.2) is 0 Å². The van der Waals surface area contributed by atoms with Gasteiger partial charge < -0.3 is 14.8 Å². The number of rotatable bonds is 6. The van der Waals surface area contributed by atoms with E-state index in [-0.39, 0.29) is 5.91 Å². The average Bonchev–Trinajstić information content (AvgIpc) is 2.62. The van der Waals surface area contributed by atoms with Crippen LogP contribution in [-0.4, -0.2) is 19.0 Å². The van der Waals surface area contributed by atoms with Crippen molar-refractivity contribution >= 4 is 23.6 Å². The minimum absolute atomic E-state index is 0.262. The number of methoxy groups -OCH3 is 1. The van der Waals surface area contributed by atoms with Crippen LogP contribution < -0.4 is 14.8 Å². The highest BCUT2D eigenvalue weighted by Gasteiger charge is 2.01. The van der Waals surface area contributed by atoms with Gasteiger partial charge in [0, 0.05) is 17.8 Å². The first-order valence-electron chi connectivity index (χ1n) is 7.18. The van der Waals surface area contributed by atoms with Gasteiger partial charge in [-0.15, -0.1) is 0 Å². The first kappa shape index (κ1) is 17.0. The zero-order chi connectivity index (χ0) is 17.4. The van der Waals surface area contributed by atoms with Crippen LogP contribution in [0.5, 0.6) is 11.5 Å². The van der Waals surface area contributed by atoms with E-state index >= 15 is 0 Å². The van der Waals surface area contributed by atoms with Gasteiger partial charge in [0.05, 0.1) is 7.11 Å². The van der Waals surface area contributed by atoms with E-state index in [4.69, 9.17) is 9.47 Å². The fourth-order valence-corrected chi connectivity index (χ4v) is 1.83. The van der Waals surface area contributed by atoms with Crippen molar-refractivity contribution in [2.45, 2.75) is 0 Å². The van der Waals surface area contributed by atoms with Crippen molar-refractivity contribution in [3.05, 3.63) is 72.8 Å². The Morgan fingerprint density at radius 1 is 1.00 bits per heavy atom. The van der Waals surface area contributed by atoms with Gasteiger partial charge in [0.1, 0.15) is 11.5 Å². The molecule has 2 aromatic carbocycles. The van der Waals surface area contributed by atoms with Crippen molar-refractivity contribution in [3.8, 4) is 11.5 Å². The smallest absolute Gasteiger partial charge is 0.335 e. The summed E-state index contributed by atoms with van der Waals surface area (Å²) in [5, 5.41) is 2.72. The van der Waals surface area contributed by atoms with Crippen molar-refractivity contribution in [2.75, 3.05) is 12.4 Å². The highest BCUT2D eigenvalue weighted by atomic mass is 16.5. The number of hydrogen-bond acceptors (Lipinski definition) is 4. The van der Waals surface area contributed by atoms with E-state index < -0.39 is 5.97 Å². The summed E-state index contributed by atoms with van der Waals surface area (Å²) in [6.45, 7) is 3.32. The molecular weight excluding hydrogens is 306 g/mol. The molecule has 0 aromatic heterocycles. The second-order valence-electron chi connectivity index (χ2n) is 4.75. The number of hydrogen-bond donors (Lipinski definition) is 1. The lowest BCUT2D eigenvalue weighted by Gasteiger charge is -2.04. The summed E-state index contributed by atoms with van der Waals surface area (Å²) in [4.78, 5) is 23.0. The summed E-state index contributed by atoms with van der Waals surface area (Å²) in [7, 11) is 1.60. The Labute approximate surface area is 140 Å². The number of nitrogens with one attached hydrogen (secondary N) is 1. The molecule has 0 saturated carbocycles. The Balaban J connectivity index is 1.92. The number of carbonyl (C=O) groups excluding carboxylic acids is 2. The molecule has 0 unspecified atom stereocenters. The van der Waals surface area contributed by atoms with E-state index in [2.05, 4.69) is 11.9 Å². The van der Waals surface area contributed by atoms with Crippen molar-refractivity contribution in [1.29, 1.82) is 0 Å². The molecule has 5 heteroatoms. The maximum atomic E-state index is 11.9. The van der Waals surface area contributed by atoms with Crippen LogP contribution >= 0.6 is 0 Å². The Bertz CT molecular complexity index is 746. The monoisotopic (exact) mass is 323 g/mol. The summed E-state index contributed by atoms with van der Waals surface area (Å²) in [6, 6.07) is 13.8. The number of ether oxygens (including phenoxy) is 2. The average molecular weight is 323 g/mol. The van der Waals surface area contributed by atoms with Crippen LogP contribution in [0.15, 0.2) is 67.3 Å². The van der Waals surface area contributed by atoms with Gasteiger partial charge >= 0.3 is 5.97 Å². The van der Waals surface area contributed by atoms with Crippen molar-refractivity contribution in [1.82, 2.24) is 0 Å². The maximum absolute atomic E-state index is 11.9. The molecule has 0 saturated heterocycles. The largest absolute Gasteiger partial charge is 0.497 e. The molecule has 0 fully saturated rings. The normalized spacial score (nSPS) is 10.2. The molecule has 122 valence electrons. The molecule has 0 atom stereocenters. The Morgan fingerprint density at radius 3 is 2.21 bits per heavy atom. The van der Waals surface area contributed by atoms with Gasteiger partial charge in [0.2, 0.25) is 5.91 Å². The minimum atomic E-state index is -0.533. The van der Waals surface area contributed by atoms with E-state index in [1.807, 2.05) is 24.3 Å². The van der Waals surface area contributed by atoms with Crippen molar-refractivity contribution in [2.24, 2.45) is 0 Å². The molecule has 0 radical (unpaired) electrons. The molecule has 1 N–H and O–H groups in total. The molecular formula is C19H17NO4.